The van der Waals surface area contributed by atoms with E-state index in [0.717, 1.165) is 9.52 Å². The molecule has 0 aromatic heterocycles. The molecule has 0 atom stereocenters. The van der Waals surface area contributed by atoms with Gasteiger partial charge in [0.05, 0.1) is 11.4 Å². The Balaban J connectivity index is 2.60. The van der Waals surface area contributed by atoms with Crippen LogP contribution in [0.25, 0.3) is 0 Å². The molecule has 33 valence electrons. The third-order valence-electron chi connectivity index (χ3n) is 0.718. The molecule has 0 aromatic carbocycles. The van der Waals surface area contributed by atoms with Gasteiger partial charge in [-0.3, -0.25) is 0 Å². The van der Waals surface area contributed by atoms with Crippen LogP contribution in [0.15, 0.2) is 35.7 Å². The van der Waals surface area contributed by atoms with Crippen LogP contribution < -0.4 is 0 Å². The van der Waals surface area contributed by atoms with Crippen LogP contribution in [0.3, 0.4) is 0 Å². The van der Waals surface area contributed by atoms with E-state index in [9.17, 15) is 0 Å². The number of hydrogen-bond acceptors (Lipinski definition) is 0. The first-order valence-corrected chi connectivity index (χ1v) is 3.40. The van der Waals surface area contributed by atoms with Crippen molar-refractivity contribution in [3.05, 3.63) is 35.7 Å². The second-order valence-corrected chi connectivity index (χ2v) is 2.27. The molecule has 0 amide bonds. The Morgan fingerprint density at radius 3 is 1.86 bits per heavy atom. The van der Waals surface area contributed by atoms with Gasteiger partial charge in [0.25, 0.3) is 0 Å². The molecule has 1 aliphatic heterocycles. The maximum Gasteiger partial charge on any atom is 0.550 e. The Bertz CT molecular complexity index is 106. The number of rotatable bonds is 0. The minimum absolute atomic E-state index is 0.871. The van der Waals surface area contributed by atoms with E-state index in [2.05, 4.69) is 23.6 Å². The Morgan fingerprint density at radius 1 is 0.714 bits per heavy atom. The van der Waals surface area contributed by atoms with E-state index >= 15 is 0 Å². The van der Waals surface area contributed by atoms with Crippen LogP contribution in [0.1, 0.15) is 0 Å². The fraction of sp³-hybridized carbons (Fsp3) is 0. The van der Waals surface area contributed by atoms with Gasteiger partial charge in [-0.25, -0.2) is 0 Å². The van der Waals surface area contributed by atoms with Gasteiger partial charge in [0, 0.05) is 0 Å². The van der Waals surface area contributed by atoms with Crippen LogP contribution in [-0.4, -0.2) is 9.52 Å². The quantitative estimate of drug-likeness (QED) is 0.408. The summed E-state index contributed by atoms with van der Waals surface area (Å²) in [6, 6.07) is 0. The molecule has 0 saturated heterocycles. The molecular weight excluding hydrogens is 100 g/mol. The normalized spacial score (nSPS) is 16.0. The summed E-state index contributed by atoms with van der Waals surface area (Å²) < 4.78 is 0. The minimum atomic E-state index is 0.871. The largest absolute Gasteiger partial charge is 0.550 e. The fourth-order valence-corrected chi connectivity index (χ4v) is 0.962. The van der Waals surface area contributed by atoms with E-state index in [1.54, 1.807) is 0 Å². The van der Waals surface area contributed by atoms with Gasteiger partial charge < -0.3 is 0 Å². The summed E-state index contributed by atoms with van der Waals surface area (Å²) in [5.41, 5.74) is 4.31. The average molecular weight is 106 g/mol. The molecule has 0 saturated carbocycles. The van der Waals surface area contributed by atoms with Gasteiger partial charge in [-0.2, -0.15) is 0 Å². The lowest BCUT2D eigenvalue weighted by Gasteiger charge is -1.57. The van der Waals surface area contributed by atoms with Crippen molar-refractivity contribution >= 4 is 9.52 Å². The zero-order chi connectivity index (χ0) is 4.95. The van der Waals surface area contributed by atoms with Gasteiger partial charge in [-0.15, -0.1) is 0 Å². The van der Waals surface area contributed by atoms with Crippen molar-refractivity contribution in [1.29, 1.82) is 0 Å². The Labute approximate surface area is 46.1 Å². The molecule has 0 unspecified atom stereocenters. The van der Waals surface area contributed by atoms with Crippen molar-refractivity contribution in [2.24, 2.45) is 0 Å². The smallest absolute Gasteiger partial charge is 0.0597 e. The van der Waals surface area contributed by atoms with Crippen molar-refractivity contribution in [2.75, 3.05) is 0 Å². The van der Waals surface area contributed by atoms with Crippen molar-refractivity contribution < 1.29 is 0 Å². The van der Waals surface area contributed by atoms with E-state index in [-0.39, 0.29) is 0 Å². The Kier molecular flexibility index (Phi) is 1.69. The highest BCUT2D eigenvalue weighted by atomic mass is 28.2. The molecule has 0 fully saturated rings. The zero-order valence-corrected chi connectivity index (χ0v) is 4.96. The number of allylic oxidation sites excluding steroid dienone is 4. The first kappa shape index (κ1) is 4.59. The standard InChI is InChI=1S/C6H6Si/c1-2-4-6-7-5-3-1/h1-6H/q+1. The molecule has 1 radical (unpaired) electrons. The third kappa shape index (κ3) is 1.55. The summed E-state index contributed by atoms with van der Waals surface area (Å²) in [6.45, 7) is 0. The van der Waals surface area contributed by atoms with Gasteiger partial charge in [0.2, 0.25) is 0 Å². The summed E-state index contributed by atoms with van der Waals surface area (Å²) in [4.78, 5) is 0. The molecular formula is C6H6Si+. The first-order chi connectivity index (χ1) is 3.50. The molecule has 1 heterocycles. The lowest BCUT2D eigenvalue weighted by Crippen LogP contribution is -1.70. The minimum Gasteiger partial charge on any atom is -0.0597 e. The molecule has 0 N–H and O–H groups in total. The van der Waals surface area contributed by atoms with Gasteiger partial charge in [0.15, 0.2) is 0 Å². The first-order valence-electron chi connectivity index (χ1n) is 2.24. The van der Waals surface area contributed by atoms with Crippen molar-refractivity contribution in [2.45, 2.75) is 0 Å². The maximum atomic E-state index is 2.15. The molecule has 0 aromatic rings. The van der Waals surface area contributed by atoms with E-state index in [0.29, 0.717) is 0 Å². The molecule has 1 rings (SSSR count). The van der Waals surface area contributed by atoms with Crippen LogP contribution in [0.5, 0.6) is 0 Å². The highest BCUT2D eigenvalue weighted by molar-refractivity contribution is 6.48. The highest BCUT2D eigenvalue weighted by Crippen LogP contribution is 1.84. The van der Waals surface area contributed by atoms with Gasteiger partial charge in [0.1, 0.15) is 0 Å². The van der Waals surface area contributed by atoms with E-state index in [1.165, 1.54) is 0 Å². The van der Waals surface area contributed by atoms with E-state index in [1.807, 2.05) is 12.2 Å². The highest BCUT2D eigenvalue weighted by Gasteiger charge is 1.95. The third-order valence-corrected chi connectivity index (χ3v) is 1.49. The predicted molar refractivity (Wildman–Crippen MR) is 33.2 cm³/mol. The predicted octanol–water partition coefficient (Wildman–Crippen LogP) is 1.29. The van der Waals surface area contributed by atoms with E-state index < -0.39 is 0 Å². The summed E-state index contributed by atoms with van der Waals surface area (Å²) in [5.74, 6) is 0. The average Bonchev–Trinajstić information content (AvgIpc) is 1.90. The van der Waals surface area contributed by atoms with Crippen LogP contribution >= 0.6 is 0 Å². The van der Waals surface area contributed by atoms with Crippen LogP contribution in [0, 0.1) is 0 Å². The van der Waals surface area contributed by atoms with Gasteiger partial charge >= 0.3 is 9.52 Å². The van der Waals surface area contributed by atoms with E-state index in [4.69, 9.17) is 0 Å². The Morgan fingerprint density at radius 2 is 1.29 bits per heavy atom. The summed E-state index contributed by atoms with van der Waals surface area (Å²) in [5, 5.41) is 0. The molecule has 0 nitrogen and oxygen atoms in total. The molecule has 1 heteroatoms. The molecule has 7 heavy (non-hydrogen) atoms. The van der Waals surface area contributed by atoms with Crippen LogP contribution in [0.2, 0.25) is 0 Å². The summed E-state index contributed by atoms with van der Waals surface area (Å²) >= 11 is 0. The maximum absolute atomic E-state index is 2.15. The Hall–Kier alpha value is -0.563. The zero-order valence-electron chi connectivity index (χ0n) is 3.96. The lowest BCUT2D eigenvalue weighted by atomic mass is 10.5. The van der Waals surface area contributed by atoms with Gasteiger partial charge in [-0.1, -0.05) is 12.2 Å². The van der Waals surface area contributed by atoms with Crippen LogP contribution in [-0.2, 0) is 0 Å². The van der Waals surface area contributed by atoms with Crippen molar-refractivity contribution in [3.8, 4) is 0 Å². The SMILES string of the molecule is C1=CC=C[Si+]C=C1. The molecule has 1 aliphatic rings. The van der Waals surface area contributed by atoms with Gasteiger partial charge in [-0.05, 0) is 12.2 Å². The van der Waals surface area contributed by atoms with Crippen molar-refractivity contribution in [1.82, 2.24) is 0 Å². The number of hydrogen-bond donors (Lipinski definition) is 0. The second kappa shape index (κ2) is 2.58. The fourth-order valence-electron chi connectivity index (χ4n) is 0.406. The second-order valence-electron chi connectivity index (χ2n) is 1.27. The van der Waals surface area contributed by atoms with Crippen LogP contribution in [0.4, 0.5) is 0 Å². The van der Waals surface area contributed by atoms with Crippen molar-refractivity contribution in [3.63, 3.8) is 0 Å². The topological polar surface area (TPSA) is 0 Å². The summed E-state index contributed by atoms with van der Waals surface area (Å²) in [7, 11) is 0.871. The monoisotopic (exact) mass is 106 g/mol. The lowest BCUT2D eigenvalue weighted by molar-refractivity contribution is 1.98. The molecule has 0 aliphatic carbocycles. The molecule has 0 spiro atoms. The summed E-state index contributed by atoms with van der Waals surface area (Å²) in [6.07, 6.45) is 8.21. The molecule has 0 bridgehead atoms.